The van der Waals surface area contributed by atoms with Crippen molar-refractivity contribution in [1.29, 1.82) is 0 Å². The van der Waals surface area contributed by atoms with Gasteiger partial charge in [0.1, 0.15) is 18.1 Å². The molecule has 0 heterocycles. The minimum atomic E-state index is -0.466. The molecule has 0 aliphatic rings. The molecule has 26 heavy (non-hydrogen) atoms. The molecule has 5 heteroatoms. The number of nitro groups is 1. The van der Waals surface area contributed by atoms with E-state index in [1.807, 2.05) is 44.2 Å². The lowest BCUT2D eigenvalue weighted by Crippen LogP contribution is -1.95. The molecule has 0 radical (unpaired) electrons. The van der Waals surface area contributed by atoms with Gasteiger partial charge in [0.25, 0.3) is 0 Å². The van der Waals surface area contributed by atoms with Gasteiger partial charge in [-0.25, -0.2) is 0 Å². The second-order valence-corrected chi connectivity index (χ2v) is 5.07. The second-order valence-electron chi connectivity index (χ2n) is 5.07. The Balaban J connectivity index is 0.00000117. The third-order valence-corrected chi connectivity index (χ3v) is 3.36. The van der Waals surface area contributed by atoms with Gasteiger partial charge in [-0.05, 0) is 35.9 Å². The van der Waals surface area contributed by atoms with E-state index < -0.39 is 4.92 Å². The van der Waals surface area contributed by atoms with Crippen LogP contribution in [0, 0.1) is 10.1 Å². The fourth-order valence-corrected chi connectivity index (χ4v) is 2.17. The first-order valence-corrected chi connectivity index (χ1v) is 8.40. The quantitative estimate of drug-likeness (QED) is 0.404. The molecule has 0 atom stereocenters. The number of nitro benzene ring substituents is 1. The first-order chi connectivity index (χ1) is 12.7. The zero-order valence-electron chi connectivity index (χ0n) is 14.8. The molecule has 3 aromatic rings. The van der Waals surface area contributed by atoms with Gasteiger partial charge in [0.05, 0.1) is 4.92 Å². The van der Waals surface area contributed by atoms with Crippen LogP contribution in [-0.2, 0) is 6.61 Å². The van der Waals surface area contributed by atoms with Crippen LogP contribution in [0.4, 0.5) is 5.69 Å². The standard InChI is InChI=1S/C19H15NO4.C2H6/c21-20(22)18-8-4-5-9-19(18)24-17-12-10-16(11-13-17)23-14-15-6-2-1-3-7-15;1-2/h1-13H,14H2;1-2H3. The highest BCUT2D eigenvalue weighted by Gasteiger charge is 2.14. The minimum Gasteiger partial charge on any atom is -0.489 e. The summed E-state index contributed by atoms with van der Waals surface area (Å²) < 4.78 is 11.3. The summed E-state index contributed by atoms with van der Waals surface area (Å²) in [4.78, 5) is 10.5. The van der Waals surface area contributed by atoms with Crippen molar-refractivity contribution in [2.24, 2.45) is 0 Å². The van der Waals surface area contributed by atoms with Gasteiger partial charge in [-0.1, -0.05) is 56.3 Å². The predicted molar refractivity (Wildman–Crippen MR) is 102 cm³/mol. The summed E-state index contributed by atoms with van der Waals surface area (Å²) in [7, 11) is 0. The van der Waals surface area contributed by atoms with Crippen molar-refractivity contribution < 1.29 is 14.4 Å². The van der Waals surface area contributed by atoms with Crippen LogP contribution in [0.2, 0.25) is 0 Å². The predicted octanol–water partition coefficient (Wildman–Crippen LogP) is 5.99. The van der Waals surface area contributed by atoms with Gasteiger partial charge in [-0.2, -0.15) is 0 Å². The van der Waals surface area contributed by atoms with Crippen LogP contribution in [0.3, 0.4) is 0 Å². The van der Waals surface area contributed by atoms with Crippen molar-refractivity contribution in [3.05, 3.63) is 94.5 Å². The molecule has 0 aromatic heterocycles. The Hall–Kier alpha value is -3.34. The Morgan fingerprint density at radius 3 is 2.04 bits per heavy atom. The molecule has 0 saturated heterocycles. The lowest BCUT2D eigenvalue weighted by molar-refractivity contribution is -0.385. The molecule has 3 rings (SSSR count). The zero-order chi connectivity index (χ0) is 18.8. The monoisotopic (exact) mass is 351 g/mol. The van der Waals surface area contributed by atoms with E-state index in [-0.39, 0.29) is 11.4 Å². The van der Waals surface area contributed by atoms with Crippen LogP contribution in [0.1, 0.15) is 19.4 Å². The van der Waals surface area contributed by atoms with Crippen molar-refractivity contribution in [3.63, 3.8) is 0 Å². The van der Waals surface area contributed by atoms with E-state index in [9.17, 15) is 10.1 Å². The molecule has 3 aromatic carbocycles. The summed E-state index contributed by atoms with van der Waals surface area (Å²) in [6.07, 6.45) is 0. The SMILES string of the molecule is CC.O=[N+]([O-])c1ccccc1Oc1ccc(OCc2ccccc2)cc1. The highest BCUT2D eigenvalue weighted by molar-refractivity contribution is 5.48. The van der Waals surface area contributed by atoms with E-state index in [4.69, 9.17) is 9.47 Å². The van der Waals surface area contributed by atoms with Crippen molar-refractivity contribution in [2.45, 2.75) is 20.5 Å². The number of para-hydroxylation sites is 2. The van der Waals surface area contributed by atoms with Gasteiger partial charge in [-0.15, -0.1) is 0 Å². The third-order valence-electron chi connectivity index (χ3n) is 3.36. The minimum absolute atomic E-state index is 0.0677. The number of nitrogens with zero attached hydrogens (tertiary/aromatic N) is 1. The largest absolute Gasteiger partial charge is 0.489 e. The topological polar surface area (TPSA) is 61.6 Å². The van der Waals surface area contributed by atoms with Crippen LogP contribution < -0.4 is 9.47 Å². The lowest BCUT2D eigenvalue weighted by Gasteiger charge is -2.09. The second kappa shape index (κ2) is 9.84. The fraction of sp³-hybridized carbons (Fsp3) is 0.143. The first-order valence-electron chi connectivity index (χ1n) is 8.40. The van der Waals surface area contributed by atoms with E-state index in [0.29, 0.717) is 18.1 Å². The molecule has 134 valence electrons. The number of rotatable bonds is 6. The van der Waals surface area contributed by atoms with E-state index in [2.05, 4.69) is 0 Å². The van der Waals surface area contributed by atoms with Crippen molar-refractivity contribution in [3.8, 4) is 17.2 Å². The molecular formula is C21H21NO4. The van der Waals surface area contributed by atoms with Crippen molar-refractivity contribution >= 4 is 5.69 Å². The van der Waals surface area contributed by atoms with Crippen LogP contribution >= 0.6 is 0 Å². The number of hydrogen-bond acceptors (Lipinski definition) is 4. The lowest BCUT2D eigenvalue weighted by atomic mass is 10.2. The average molecular weight is 351 g/mol. The summed E-state index contributed by atoms with van der Waals surface area (Å²) in [6.45, 7) is 4.48. The molecule has 0 N–H and O–H groups in total. The molecule has 0 spiro atoms. The highest BCUT2D eigenvalue weighted by atomic mass is 16.6. The van der Waals surface area contributed by atoms with Crippen LogP contribution in [0.5, 0.6) is 17.2 Å². The van der Waals surface area contributed by atoms with Crippen molar-refractivity contribution in [2.75, 3.05) is 0 Å². The molecule has 0 aliphatic carbocycles. The van der Waals surface area contributed by atoms with Gasteiger partial charge in [-0.3, -0.25) is 10.1 Å². The Kier molecular flexibility index (Phi) is 7.18. The number of ether oxygens (including phenoxy) is 2. The van der Waals surface area contributed by atoms with Gasteiger partial charge in [0.15, 0.2) is 0 Å². The summed E-state index contributed by atoms with van der Waals surface area (Å²) in [5.74, 6) is 1.42. The summed E-state index contributed by atoms with van der Waals surface area (Å²) in [5, 5.41) is 11.0. The maximum Gasteiger partial charge on any atom is 0.311 e. The fourth-order valence-electron chi connectivity index (χ4n) is 2.17. The Labute approximate surface area is 153 Å². The molecule has 0 unspecified atom stereocenters. The summed E-state index contributed by atoms with van der Waals surface area (Å²) in [6, 6.07) is 23.1. The molecular weight excluding hydrogens is 330 g/mol. The van der Waals surface area contributed by atoms with Gasteiger partial charge < -0.3 is 9.47 Å². The summed E-state index contributed by atoms with van der Waals surface area (Å²) in [5.41, 5.74) is 1.01. The highest BCUT2D eigenvalue weighted by Crippen LogP contribution is 2.31. The molecule has 0 amide bonds. The van der Waals surface area contributed by atoms with E-state index in [0.717, 1.165) is 5.56 Å². The van der Waals surface area contributed by atoms with E-state index >= 15 is 0 Å². The van der Waals surface area contributed by atoms with E-state index in [1.165, 1.54) is 6.07 Å². The smallest absolute Gasteiger partial charge is 0.311 e. The Bertz CT molecular complexity index is 817. The van der Waals surface area contributed by atoms with E-state index in [1.54, 1.807) is 42.5 Å². The Morgan fingerprint density at radius 1 is 0.808 bits per heavy atom. The third kappa shape index (κ3) is 5.34. The molecule has 0 aliphatic heterocycles. The molecule has 0 saturated carbocycles. The molecule has 0 bridgehead atoms. The summed E-state index contributed by atoms with van der Waals surface area (Å²) >= 11 is 0. The molecule has 0 fully saturated rings. The first kappa shape index (κ1) is 19.0. The Morgan fingerprint density at radius 2 is 1.38 bits per heavy atom. The maximum atomic E-state index is 11.0. The van der Waals surface area contributed by atoms with Gasteiger partial charge >= 0.3 is 5.69 Å². The van der Waals surface area contributed by atoms with Crippen LogP contribution in [0.25, 0.3) is 0 Å². The van der Waals surface area contributed by atoms with Gasteiger partial charge in [0, 0.05) is 6.07 Å². The maximum absolute atomic E-state index is 11.0. The number of hydrogen-bond donors (Lipinski definition) is 0. The zero-order valence-corrected chi connectivity index (χ0v) is 14.8. The average Bonchev–Trinajstić information content (AvgIpc) is 2.70. The van der Waals surface area contributed by atoms with Gasteiger partial charge in [0.2, 0.25) is 5.75 Å². The molecule has 5 nitrogen and oxygen atoms in total. The van der Waals surface area contributed by atoms with Crippen molar-refractivity contribution in [1.82, 2.24) is 0 Å². The van der Waals surface area contributed by atoms with Crippen LogP contribution in [-0.4, -0.2) is 4.92 Å². The van der Waals surface area contributed by atoms with Crippen LogP contribution in [0.15, 0.2) is 78.9 Å². The number of benzene rings is 3. The normalized spacial score (nSPS) is 9.62.